The van der Waals surface area contributed by atoms with Gasteiger partial charge in [-0.2, -0.15) is 8.78 Å². The molecular weight excluding hydrogens is 535 g/mol. The maximum Gasteiger partial charge on any atom is 0.334 e. The van der Waals surface area contributed by atoms with Gasteiger partial charge in [0.1, 0.15) is 23.4 Å². The first kappa shape index (κ1) is 24.5. The molecule has 0 amide bonds. The summed E-state index contributed by atoms with van der Waals surface area (Å²) in [7, 11) is -4.02. The van der Waals surface area contributed by atoms with Gasteiger partial charge in [-0.05, 0) is 19.1 Å². The number of nitrogens with one attached hydrogen (secondary N) is 1. The van der Waals surface area contributed by atoms with Crippen LogP contribution in [0, 0.1) is 17.5 Å². The summed E-state index contributed by atoms with van der Waals surface area (Å²) in [6.07, 6.45) is 0.688. The number of hydrogen-bond donors (Lipinski definition) is 1. The van der Waals surface area contributed by atoms with E-state index in [1.54, 1.807) is 0 Å². The lowest BCUT2D eigenvalue weighted by atomic mass is 9.99. The normalized spacial score (nSPS) is 17.1. The van der Waals surface area contributed by atoms with Crippen LogP contribution < -0.4 is 10.4 Å². The number of imidazole rings is 1. The number of rotatable bonds is 5. The Kier molecular flexibility index (Phi) is 5.53. The smallest absolute Gasteiger partial charge is 0.334 e. The third kappa shape index (κ3) is 3.54. The molecule has 36 heavy (non-hydrogen) atoms. The van der Waals surface area contributed by atoms with Crippen LogP contribution in [0.5, 0.6) is 0 Å². The van der Waals surface area contributed by atoms with Crippen LogP contribution in [0.1, 0.15) is 12.6 Å². The summed E-state index contributed by atoms with van der Waals surface area (Å²) in [5.41, 5.74) is -3.75. The maximum absolute atomic E-state index is 15.2. The highest BCUT2D eigenvalue weighted by atomic mass is 35.5. The molecule has 1 aliphatic rings. The van der Waals surface area contributed by atoms with Crippen molar-refractivity contribution in [2.75, 3.05) is 5.75 Å². The summed E-state index contributed by atoms with van der Waals surface area (Å²) in [5, 5.41) is 2.70. The zero-order chi connectivity index (χ0) is 26.2. The molecule has 0 aliphatic carbocycles. The van der Waals surface area contributed by atoms with Crippen molar-refractivity contribution in [3.63, 3.8) is 0 Å². The monoisotopic (exact) mass is 548 g/mol. The summed E-state index contributed by atoms with van der Waals surface area (Å²) in [6.45, 7) is 0.553. The second kappa shape index (κ2) is 8.15. The lowest BCUT2D eigenvalue weighted by molar-refractivity contribution is -0.0248. The van der Waals surface area contributed by atoms with E-state index in [0.717, 1.165) is 24.3 Å². The summed E-state index contributed by atoms with van der Waals surface area (Å²) in [6, 6.07) is 1.83. The van der Waals surface area contributed by atoms with Gasteiger partial charge in [-0.15, -0.1) is 0 Å². The molecule has 0 bridgehead atoms. The first-order valence-electron chi connectivity index (χ1n) is 10.3. The molecular formula is C21H14ClF5N4O4S. The van der Waals surface area contributed by atoms with Gasteiger partial charge in [0, 0.05) is 17.8 Å². The molecule has 3 heterocycles. The van der Waals surface area contributed by atoms with Crippen molar-refractivity contribution in [3.8, 4) is 16.9 Å². The van der Waals surface area contributed by atoms with E-state index in [-0.39, 0.29) is 11.0 Å². The van der Waals surface area contributed by atoms with E-state index in [9.17, 15) is 22.0 Å². The molecule has 0 spiro atoms. The van der Waals surface area contributed by atoms with Gasteiger partial charge < -0.3 is 4.52 Å². The molecule has 1 aliphatic heterocycles. The Morgan fingerprint density at radius 1 is 1.22 bits per heavy atom. The topological polar surface area (TPSA) is 99.1 Å². The number of nitrogens with zero attached hydrogens (tertiary/aromatic N) is 3. The number of benzene rings is 2. The summed E-state index contributed by atoms with van der Waals surface area (Å²) < 4.78 is 106. The van der Waals surface area contributed by atoms with Crippen LogP contribution >= 0.6 is 11.6 Å². The Bertz CT molecular complexity index is 1690. The van der Waals surface area contributed by atoms with Crippen molar-refractivity contribution < 1.29 is 34.9 Å². The molecule has 2 aromatic heterocycles. The van der Waals surface area contributed by atoms with Crippen LogP contribution in [0.4, 0.5) is 22.0 Å². The second-order valence-corrected chi connectivity index (χ2v) is 10.4. The average molecular weight is 549 g/mol. The standard InChI is InChI=1S/C21H14ClF5N4O4S/c1-2-36(33,34)29-13-7-30-14(21(13,26)27)8-31(20(30)32)19-16-12(35-28-19)6-9(22)18(25)17(16)15-10(23)4-3-5-11(15)24/h3-6,8,13,29H,2,7H2,1H3/t13-/m1/s1. The van der Waals surface area contributed by atoms with Crippen molar-refractivity contribution in [2.45, 2.75) is 25.4 Å². The van der Waals surface area contributed by atoms with Gasteiger partial charge in [-0.1, -0.05) is 22.8 Å². The lowest BCUT2D eigenvalue weighted by Crippen LogP contribution is -2.45. The van der Waals surface area contributed by atoms with Gasteiger partial charge >= 0.3 is 11.6 Å². The van der Waals surface area contributed by atoms with Crippen LogP contribution in [0.15, 0.2) is 39.8 Å². The molecule has 5 rings (SSSR count). The largest absolute Gasteiger partial charge is 0.354 e. The number of hydrogen-bond acceptors (Lipinski definition) is 5. The van der Waals surface area contributed by atoms with Gasteiger partial charge in [-0.25, -0.2) is 35.7 Å². The molecule has 4 aromatic rings. The zero-order valence-electron chi connectivity index (χ0n) is 18.0. The molecule has 0 unspecified atom stereocenters. The fourth-order valence-corrected chi connectivity index (χ4v) is 5.15. The molecule has 15 heteroatoms. The van der Waals surface area contributed by atoms with Crippen LogP contribution in [-0.4, -0.2) is 34.5 Å². The highest BCUT2D eigenvalue weighted by molar-refractivity contribution is 7.89. The van der Waals surface area contributed by atoms with E-state index in [1.165, 1.54) is 6.92 Å². The molecule has 0 radical (unpaired) electrons. The van der Waals surface area contributed by atoms with Crippen LogP contribution in [0.25, 0.3) is 27.9 Å². The predicted octanol–water partition coefficient (Wildman–Crippen LogP) is 3.93. The minimum atomic E-state index is -4.02. The first-order valence-corrected chi connectivity index (χ1v) is 12.3. The minimum Gasteiger partial charge on any atom is -0.354 e. The van der Waals surface area contributed by atoms with E-state index in [0.29, 0.717) is 15.3 Å². The molecule has 8 nitrogen and oxygen atoms in total. The first-order chi connectivity index (χ1) is 16.9. The summed E-state index contributed by atoms with van der Waals surface area (Å²) in [5.74, 6) is -8.35. The number of sulfonamides is 1. The molecule has 0 fully saturated rings. The Morgan fingerprint density at radius 2 is 1.89 bits per heavy atom. The summed E-state index contributed by atoms with van der Waals surface area (Å²) >= 11 is 5.88. The maximum atomic E-state index is 15.2. The van der Waals surface area contributed by atoms with Gasteiger partial charge in [0.2, 0.25) is 10.0 Å². The van der Waals surface area contributed by atoms with Gasteiger partial charge in [-0.3, -0.25) is 4.57 Å². The molecule has 1 N–H and O–H groups in total. The summed E-state index contributed by atoms with van der Waals surface area (Å²) in [4.78, 5) is 13.1. The van der Waals surface area contributed by atoms with Crippen molar-refractivity contribution in [1.29, 1.82) is 0 Å². The molecule has 0 saturated heterocycles. The Morgan fingerprint density at radius 3 is 2.50 bits per heavy atom. The fourth-order valence-electron chi connectivity index (χ4n) is 4.13. The van der Waals surface area contributed by atoms with E-state index in [1.807, 2.05) is 4.72 Å². The van der Waals surface area contributed by atoms with E-state index in [2.05, 4.69) is 5.16 Å². The number of alkyl halides is 2. The highest BCUT2D eigenvalue weighted by Crippen LogP contribution is 2.42. The predicted molar refractivity (Wildman–Crippen MR) is 118 cm³/mol. The third-order valence-electron chi connectivity index (χ3n) is 5.90. The molecule has 0 saturated carbocycles. The SMILES string of the molecule is CCS(=O)(=O)N[C@@H]1Cn2c(cn(-c3noc4cc(Cl)c(F)c(-c5c(F)cccc5F)c34)c2=O)C1(F)F. The third-order valence-corrected chi connectivity index (χ3v) is 7.58. The Labute approximate surface area is 203 Å². The number of fused-ring (bicyclic) bond motifs is 2. The van der Waals surface area contributed by atoms with Crippen LogP contribution in [-0.2, 0) is 22.5 Å². The zero-order valence-corrected chi connectivity index (χ0v) is 19.6. The van der Waals surface area contributed by atoms with Crippen molar-refractivity contribution >= 4 is 32.6 Å². The fraction of sp³-hybridized carbons (Fsp3) is 0.238. The minimum absolute atomic E-state index is 0.271. The molecule has 1 atom stereocenters. The highest BCUT2D eigenvalue weighted by Gasteiger charge is 2.52. The van der Waals surface area contributed by atoms with Gasteiger partial charge in [0.25, 0.3) is 0 Å². The number of halogens is 6. The van der Waals surface area contributed by atoms with Gasteiger partial charge in [0.05, 0.1) is 28.3 Å². The van der Waals surface area contributed by atoms with Crippen LogP contribution in [0.3, 0.4) is 0 Å². The quantitative estimate of drug-likeness (QED) is 0.381. The Hall–Kier alpha value is -3.23. The van der Waals surface area contributed by atoms with Crippen molar-refractivity contribution in [1.82, 2.24) is 19.0 Å². The van der Waals surface area contributed by atoms with Crippen LogP contribution in [0.2, 0.25) is 5.02 Å². The second-order valence-electron chi connectivity index (χ2n) is 8.00. The molecule has 190 valence electrons. The Balaban J connectivity index is 1.73. The van der Waals surface area contributed by atoms with E-state index >= 15 is 13.2 Å². The van der Waals surface area contributed by atoms with E-state index < -0.39 is 85.1 Å². The van der Waals surface area contributed by atoms with E-state index in [4.69, 9.17) is 16.1 Å². The molecule has 2 aromatic carbocycles. The average Bonchev–Trinajstić information content (AvgIpc) is 3.43. The van der Waals surface area contributed by atoms with Crippen molar-refractivity contribution in [2.24, 2.45) is 0 Å². The van der Waals surface area contributed by atoms with Crippen molar-refractivity contribution in [3.05, 3.63) is 69.1 Å². The van der Waals surface area contributed by atoms with Gasteiger partial charge in [0.15, 0.2) is 17.2 Å². The number of aromatic nitrogens is 3. The lowest BCUT2D eigenvalue weighted by Gasteiger charge is -2.19.